The molecule has 1 atom stereocenters. The van der Waals surface area contributed by atoms with Gasteiger partial charge in [-0.2, -0.15) is 5.21 Å². The van der Waals surface area contributed by atoms with Gasteiger partial charge in [0, 0.05) is 48.8 Å². The normalized spacial score (nSPS) is 18.8. The molecule has 2 fully saturated rings. The number of amides is 3. The molecule has 1 aliphatic carbocycles. The molecule has 0 bridgehead atoms. The Balaban J connectivity index is 1.13. The van der Waals surface area contributed by atoms with Gasteiger partial charge in [0.05, 0.1) is 5.56 Å². The SMILES string of the molecule is Cc1cc(C(=O)NC2CCN(C(C)C)CC2)ccc1-c1ccc(CC(NC(=O)C2CCC(CN)CC2)C(=O)Nc2ccc(-c3nn[nH]n3)c(F)c2)cc1. The number of nitrogens with two attached hydrogens (primary N) is 1. The third kappa shape index (κ3) is 9.51. The van der Waals surface area contributed by atoms with Gasteiger partial charge in [-0.1, -0.05) is 30.3 Å². The number of carbonyl (C=O) groups is 3. The quantitative estimate of drug-likeness (QED) is 0.136. The number of tetrazole rings is 1. The van der Waals surface area contributed by atoms with Crippen LogP contribution in [0.4, 0.5) is 10.1 Å². The summed E-state index contributed by atoms with van der Waals surface area (Å²) in [5.74, 6) is -0.990. The molecule has 1 unspecified atom stereocenters. The van der Waals surface area contributed by atoms with Crippen molar-refractivity contribution in [1.29, 1.82) is 0 Å². The molecular weight excluding hydrogens is 673 g/mol. The molecule has 13 heteroatoms. The van der Waals surface area contributed by atoms with E-state index in [4.69, 9.17) is 5.73 Å². The highest BCUT2D eigenvalue weighted by Gasteiger charge is 2.30. The molecule has 3 amide bonds. The number of carbonyl (C=O) groups excluding carboxylic acids is 3. The van der Waals surface area contributed by atoms with Gasteiger partial charge in [-0.15, -0.1) is 10.2 Å². The van der Waals surface area contributed by atoms with Crippen molar-refractivity contribution in [3.8, 4) is 22.5 Å². The average Bonchev–Trinajstić information content (AvgIpc) is 3.70. The first-order chi connectivity index (χ1) is 25.6. The van der Waals surface area contributed by atoms with Crippen LogP contribution in [0.5, 0.6) is 0 Å². The molecule has 280 valence electrons. The van der Waals surface area contributed by atoms with Crippen molar-refractivity contribution in [3.63, 3.8) is 0 Å². The predicted molar refractivity (Wildman–Crippen MR) is 202 cm³/mol. The Labute approximate surface area is 309 Å². The highest BCUT2D eigenvalue weighted by Crippen LogP contribution is 2.29. The van der Waals surface area contributed by atoms with Crippen molar-refractivity contribution in [2.45, 2.75) is 83.8 Å². The zero-order valence-corrected chi connectivity index (χ0v) is 30.7. The van der Waals surface area contributed by atoms with Gasteiger partial charge in [-0.3, -0.25) is 14.4 Å². The van der Waals surface area contributed by atoms with Crippen molar-refractivity contribution in [3.05, 3.63) is 83.2 Å². The Morgan fingerprint density at radius 3 is 2.28 bits per heavy atom. The summed E-state index contributed by atoms with van der Waals surface area (Å²) in [7, 11) is 0. The van der Waals surface area contributed by atoms with Crippen LogP contribution in [0, 0.1) is 24.6 Å². The van der Waals surface area contributed by atoms with E-state index >= 15 is 0 Å². The average molecular weight is 724 g/mol. The monoisotopic (exact) mass is 723 g/mol. The van der Waals surface area contributed by atoms with Gasteiger partial charge in [0.15, 0.2) is 0 Å². The van der Waals surface area contributed by atoms with E-state index in [0.717, 1.165) is 73.9 Å². The molecule has 6 N–H and O–H groups in total. The number of piperidine rings is 1. The van der Waals surface area contributed by atoms with Crippen LogP contribution >= 0.6 is 0 Å². The molecule has 1 saturated heterocycles. The Kier molecular flexibility index (Phi) is 12.3. The highest BCUT2D eigenvalue weighted by atomic mass is 19.1. The van der Waals surface area contributed by atoms with Crippen LogP contribution < -0.4 is 21.7 Å². The summed E-state index contributed by atoms with van der Waals surface area (Å²) in [6, 6.07) is 17.6. The third-order valence-corrected chi connectivity index (χ3v) is 10.8. The largest absolute Gasteiger partial charge is 0.349 e. The fourth-order valence-corrected chi connectivity index (χ4v) is 7.45. The number of nitrogens with zero attached hydrogens (tertiary/aromatic N) is 4. The lowest BCUT2D eigenvalue weighted by Crippen LogP contribution is -2.48. The Morgan fingerprint density at radius 1 is 0.943 bits per heavy atom. The Hall–Kier alpha value is -5.01. The molecule has 2 heterocycles. The van der Waals surface area contributed by atoms with E-state index in [1.807, 2.05) is 49.4 Å². The first kappa shape index (κ1) is 37.7. The summed E-state index contributed by atoms with van der Waals surface area (Å²) in [5, 5.41) is 22.4. The van der Waals surface area contributed by atoms with E-state index in [1.165, 1.54) is 12.1 Å². The molecule has 1 saturated carbocycles. The molecule has 0 spiro atoms. The summed E-state index contributed by atoms with van der Waals surface area (Å²) in [5.41, 5.74) is 10.7. The molecule has 6 rings (SSSR count). The van der Waals surface area contributed by atoms with Crippen molar-refractivity contribution in [1.82, 2.24) is 36.2 Å². The van der Waals surface area contributed by atoms with Crippen molar-refractivity contribution in [2.75, 3.05) is 25.0 Å². The number of aromatic nitrogens is 4. The standard InChI is InChI=1S/C40H50FN9O3/c1-24(2)50-18-16-31(17-19-50)43-39(52)30-12-14-33(25(3)20-30)28-8-4-26(5-9-28)21-36(45-38(51)29-10-6-27(23-42)7-11-29)40(53)44-32-13-15-34(35(41)22-32)37-46-48-49-47-37/h4-5,8-9,12-15,20,22,24,27,29,31,36H,6-7,10-11,16-19,21,23,42H2,1-3H3,(H,43,52)(H,44,53)(H,45,51)(H,46,47,48,49). The lowest BCUT2D eigenvalue weighted by molar-refractivity contribution is -0.130. The Bertz CT molecular complexity index is 1870. The van der Waals surface area contributed by atoms with Gasteiger partial charge in [0.1, 0.15) is 11.9 Å². The number of H-pyrrole nitrogens is 1. The van der Waals surface area contributed by atoms with Gasteiger partial charge in [-0.25, -0.2) is 4.39 Å². The second-order valence-electron chi connectivity index (χ2n) is 14.7. The fraction of sp³-hybridized carbons (Fsp3) is 0.450. The number of benzene rings is 3. The van der Waals surface area contributed by atoms with Crippen LogP contribution in [0.2, 0.25) is 0 Å². The molecule has 2 aliphatic rings. The minimum atomic E-state index is -0.905. The van der Waals surface area contributed by atoms with Crippen molar-refractivity contribution in [2.24, 2.45) is 17.6 Å². The minimum Gasteiger partial charge on any atom is -0.349 e. The number of nitrogens with one attached hydrogen (secondary N) is 4. The van der Waals surface area contributed by atoms with Gasteiger partial charge < -0.3 is 26.6 Å². The third-order valence-electron chi connectivity index (χ3n) is 10.8. The van der Waals surface area contributed by atoms with Gasteiger partial charge in [0.25, 0.3) is 5.91 Å². The van der Waals surface area contributed by atoms with E-state index in [-0.39, 0.29) is 47.3 Å². The fourth-order valence-electron chi connectivity index (χ4n) is 7.45. The molecule has 12 nitrogen and oxygen atoms in total. The van der Waals surface area contributed by atoms with E-state index in [0.29, 0.717) is 24.1 Å². The molecule has 1 aliphatic heterocycles. The maximum atomic E-state index is 14.9. The zero-order valence-electron chi connectivity index (χ0n) is 30.7. The second-order valence-corrected chi connectivity index (χ2v) is 14.7. The number of aromatic amines is 1. The predicted octanol–water partition coefficient (Wildman–Crippen LogP) is 5.01. The molecule has 3 aromatic carbocycles. The van der Waals surface area contributed by atoms with Gasteiger partial charge in [0.2, 0.25) is 17.6 Å². The number of anilines is 1. The first-order valence-electron chi connectivity index (χ1n) is 18.7. The first-order valence-corrected chi connectivity index (χ1v) is 18.7. The van der Waals surface area contributed by atoms with Crippen molar-refractivity contribution >= 4 is 23.4 Å². The topological polar surface area (TPSA) is 171 Å². The molecular formula is C40H50FN9O3. The molecule has 0 radical (unpaired) electrons. The maximum Gasteiger partial charge on any atom is 0.251 e. The van der Waals surface area contributed by atoms with E-state index in [2.05, 4.69) is 55.3 Å². The number of aryl methyl sites for hydroxylation is 1. The summed E-state index contributed by atoms with van der Waals surface area (Å²) >= 11 is 0. The summed E-state index contributed by atoms with van der Waals surface area (Å²) in [6.07, 6.45) is 5.32. The van der Waals surface area contributed by atoms with Crippen LogP contribution in [0.15, 0.2) is 60.7 Å². The van der Waals surface area contributed by atoms with Gasteiger partial charge >= 0.3 is 0 Å². The van der Waals surface area contributed by atoms with Gasteiger partial charge in [-0.05, 0) is 130 Å². The van der Waals surface area contributed by atoms with E-state index in [9.17, 15) is 18.8 Å². The molecule has 53 heavy (non-hydrogen) atoms. The lowest BCUT2D eigenvalue weighted by atomic mass is 9.81. The van der Waals surface area contributed by atoms with Crippen LogP contribution in [-0.4, -0.2) is 81.0 Å². The molecule has 4 aromatic rings. The smallest absolute Gasteiger partial charge is 0.251 e. The van der Waals surface area contributed by atoms with Crippen LogP contribution in [0.3, 0.4) is 0 Å². The zero-order chi connectivity index (χ0) is 37.5. The maximum absolute atomic E-state index is 14.9. The Morgan fingerprint density at radius 2 is 1.66 bits per heavy atom. The number of hydrogen-bond donors (Lipinski definition) is 5. The lowest BCUT2D eigenvalue weighted by Gasteiger charge is -2.34. The number of halogens is 1. The van der Waals surface area contributed by atoms with Crippen LogP contribution in [0.1, 0.15) is 73.9 Å². The summed E-state index contributed by atoms with van der Waals surface area (Å²) < 4.78 is 14.9. The van der Waals surface area contributed by atoms with E-state index < -0.39 is 17.8 Å². The number of hydrogen-bond acceptors (Lipinski definition) is 8. The summed E-state index contributed by atoms with van der Waals surface area (Å²) in [4.78, 5) is 42.7. The highest BCUT2D eigenvalue weighted by molar-refractivity contribution is 5.98. The van der Waals surface area contributed by atoms with Crippen LogP contribution in [0.25, 0.3) is 22.5 Å². The molecule has 1 aromatic heterocycles. The number of rotatable bonds is 12. The second kappa shape index (κ2) is 17.2. The minimum absolute atomic E-state index is 0.0533. The van der Waals surface area contributed by atoms with E-state index in [1.54, 1.807) is 6.07 Å². The summed E-state index contributed by atoms with van der Waals surface area (Å²) in [6.45, 7) is 8.99. The van der Waals surface area contributed by atoms with Crippen LogP contribution in [-0.2, 0) is 16.0 Å². The number of likely N-dealkylation sites (tertiary alicyclic amines) is 1. The van der Waals surface area contributed by atoms with Crippen molar-refractivity contribution < 1.29 is 18.8 Å².